The van der Waals surface area contributed by atoms with Crippen LogP contribution in [0.1, 0.15) is 17.5 Å². The van der Waals surface area contributed by atoms with Crippen LogP contribution in [0.3, 0.4) is 0 Å². The number of fused-ring (bicyclic) bond motifs is 1. The lowest BCUT2D eigenvalue weighted by Gasteiger charge is -2.26. The van der Waals surface area contributed by atoms with Gasteiger partial charge in [-0.25, -0.2) is 9.36 Å². The fourth-order valence-corrected chi connectivity index (χ4v) is 4.25. The van der Waals surface area contributed by atoms with Crippen molar-refractivity contribution >= 4 is 31.6 Å². The van der Waals surface area contributed by atoms with Crippen LogP contribution in [0.25, 0.3) is 0 Å². The van der Waals surface area contributed by atoms with E-state index in [0.29, 0.717) is 28.3 Å². The molecular weight excluding hydrogens is 439 g/mol. The van der Waals surface area contributed by atoms with Crippen molar-refractivity contribution in [3.63, 3.8) is 0 Å². The molecule has 29 heavy (non-hydrogen) atoms. The van der Waals surface area contributed by atoms with E-state index in [1.165, 1.54) is 17.9 Å². The van der Waals surface area contributed by atoms with Crippen LogP contribution in [0.4, 0.5) is 0 Å². The molecule has 11 heteroatoms. The number of ether oxygens (including phenoxy) is 1. The van der Waals surface area contributed by atoms with Gasteiger partial charge in [0.1, 0.15) is 10.4 Å². The molecule has 0 radical (unpaired) electrons. The highest BCUT2D eigenvalue weighted by molar-refractivity contribution is 7.71. The number of benzene rings is 1. The van der Waals surface area contributed by atoms with Crippen molar-refractivity contribution in [2.75, 3.05) is 13.7 Å². The molecule has 8 nitrogen and oxygen atoms in total. The SMILES string of the molecule is C#Cc1cn(CCC(COP2(=O)OCc3cc(Cl)ccc3O2)OC)c(=O)[nH]c1=S. The molecule has 2 aromatic rings. The van der Waals surface area contributed by atoms with Crippen LogP contribution in [-0.4, -0.2) is 29.4 Å². The average molecular weight is 457 g/mol. The first-order valence-corrected chi connectivity index (χ1v) is 10.8. The van der Waals surface area contributed by atoms with E-state index in [4.69, 9.17) is 48.6 Å². The average Bonchev–Trinajstić information content (AvgIpc) is 2.69. The Morgan fingerprint density at radius 1 is 1.52 bits per heavy atom. The number of aryl methyl sites for hydroxylation is 1. The van der Waals surface area contributed by atoms with E-state index < -0.39 is 13.9 Å². The van der Waals surface area contributed by atoms with E-state index in [1.807, 2.05) is 0 Å². The third-order valence-corrected chi connectivity index (χ3v) is 6.11. The summed E-state index contributed by atoms with van der Waals surface area (Å²) in [6.45, 7) is 0.281. The maximum atomic E-state index is 12.7. The number of rotatable bonds is 7. The lowest BCUT2D eigenvalue weighted by atomic mass is 10.2. The standard InChI is InChI=1S/C18H18ClN2O6PS/c1-3-12-9-21(18(22)20-17(12)29)7-6-15(24-2)11-26-28(23)25-10-13-8-14(19)4-5-16(13)27-28/h1,4-5,8-9,15H,6-7,10-11H2,2H3,(H,20,22,29). The lowest BCUT2D eigenvalue weighted by molar-refractivity contribution is 0.0301. The Balaban J connectivity index is 1.60. The summed E-state index contributed by atoms with van der Waals surface area (Å²) in [5.74, 6) is 2.81. The zero-order valence-corrected chi connectivity index (χ0v) is 17.9. The first-order chi connectivity index (χ1) is 13.8. The van der Waals surface area contributed by atoms with Crippen LogP contribution in [-0.2, 0) is 31.5 Å². The van der Waals surface area contributed by atoms with Crippen LogP contribution in [0.5, 0.6) is 5.75 Å². The van der Waals surface area contributed by atoms with Crippen LogP contribution in [0.15, 0.2) is 29.2 Å². The Morgan fingerprint density at radius 2 is 2.31 bits per heavy atom. The van der Waals surface area contributed by atoms with Crippen LogP contribution in [0.2, 0.25) is 5.02 Å². The van der Waals surface area contributed by atoms with Crippen LogP contribution >= 0.6 is 31.6 Å². The molecule has 0 amide bonds. The summed E-state index contributed by atoms with van der Waals surface area (Å²) in [5, 5.41) is 0.526. The van der Waals surface area contributed by atoms with Gasteiger partial charge in [-0.15, -0.1) is 6.42 Å². The first-order valence-electron chi connectivity index (χ1n) is 8.54. The van der Waals surface area contributed by atoms with Gasteiger partial charge in [0, 0.05) is 30.4 Å². The molecule has 0 spiro atoms. The van der Waals surface area contributed by atoms with Gasteiger partial charge in [-0.2, -0.15) is 0 Å². The number of hydrogen-bond acceptors (Lipinski definition) is 7. The van der Waals surface area contributed by atoms with E-state index in [9.17, 15) is 9.36 Å². The molecule has 1 aliphatic rings. The molecule has 1 N–H and O–H groups in total. The number of methoxy groups -OCH3 is 1. The van der Waals surface area contributed by atoms with Crippen molar-refractivity contribution in [3.8, 4) is 18.1 Å². The van der Waals surface area contributed by atoms with Gasteiger partial charge in [0.05, 0.1) is 24.9 Å². The minimum atomic E-state index is -3.79. The predicted octanol–water partition coefficient (Wildman–Crippen LogP) is 3.68. The molecule has 3 rings (SSSR count). The Labute approximate surface area is 177 Å². The molecule has 1 aromatic heterocycles. The number of nitrogens with zero attached hydrogens (tertiary/aromatic N) is 1. The van der Waals surface area contributed by atoms with Gasteiger partial charge < -0.3 is 9.26 Å². The van der Waals surface area contributed by atoms with E-state index >= 15 is 0 Å². The molecule has 1 aromatic carbocycles. The molecule has 154 valence electrons. The molecule has 2 atom stereocenters. The number of hydrogen-bond donors (Lipinski definition) is 1. The van der Waals surface area contributed by atoms with Gasteiger partial charge in [0.15, 0.2) is 0 Å². The lowest BCUT2D eigenvalue weighted by Crippen LogP contribution is -2.27. The van der Waals surface area contributed by atoms with Crippen LogP contribution in [0, 0.1) is 17.0 Å². The second-order valence-electron chi connectivity index (χ2n) is 6.15. The monoisotopic (exact) mass is 456 g/mol. The maximum Gasteiger partial charge on any atom is 0.530 e. The number of nitrogens with one attached hydrogen (secondary N) is 1. The molecule has 0 aliphatic carbocycles. The maximum absolute atomic E-state index is 12.7. The number of phosphoric ester groups is 1. The van der Waals surface area contributed by atoms with Crippen LogP contribution < -0.4 is 10.2 Å². The fourth-order valence-electron chi connectivity index (χ4n) is 2.61. The summed E-state index contributed by atoms with van der Waals surface area (Å²) in [4.78, 5) is 14.5. The van der Waals surface area contributed by atoms with Crippen molar-refractivity contribution in [2.24, 2.45) is 0 Å². The molecule has 0 bridgehead atoms. The highest BCUT2D eigenvalue weighted by Gasteiger charge is 2.35. The smallest absolute Gasteiger partial charge is 0.404 e. The van der Waals surface area contributed by atoms with E-state index in [2.05, 4.69) is 10.9 Å². The normalized spacial score (nSPS) is 19.1. The Morgan fingerprint density at radius 3 is 3.03 bits per heavy atom. The zero-order valence-electron chi connectivity index (χ0n) is 15.4. The molecule has 2 heterocycles. The van der Waals surface area contributed by atoms with Gasteiger partial charge in [0.2, 0.25) is 0 Å². The third-order valence-electron chi connectivity index (χ3n) is 4.22. The first kappa shape index (κ1) is 21.8. The van der Waals surface area contributed by atoms with E-state index in [1.54, 1.807) is 18.2 Å². The van der Waals surface area contributed by atoms with Crippen molar-refractivity contribution in [3.05, 3.63) is 55.7 Å². The van der Waals surface area contributed by atoms with E-state index in [0.717, 1.165) is 0 Å². The number of terminal acetylenes is 1. The van der Waals surface area contributed by atoms with Crippen molar-refractivity contribution in [1.82, 2.24) is 9.55 Å². The zero-order chi connectivity index (χ0) is 21.0. The summed E-state index contributed by atoms with van der Waals surface area (Å²) in [7, 11) is -2.31. The highest BCUT2D eigenvalue weighted by Crippen LogP contribution is 2.54. The van der Waals surface area contributed by atoms with Gasteiger partial charge >= 0.3 is 13.5 Å². The number of H-pyrrole nitrogens is 1. The molecule has 1 aliphatic heterocycles. The topological polar surface area (TPSA) is 91.8 Å². The molecule has 2 unspecified atom stereocenters. The largest absolute Gasteiger partial charge is 0.530 e. The summed E-state index contributed by atoms with van der Waals surface area (Å²) in [6, 6.07) is 4.91. The van der Waals surface area contributed by atoms with Gasteiger partial charge in [-0.1, -0.05) is 29.7 Å². The second kappa shape index (κ2) is 9.26. The summed E-state index contributed by atoms with van der Waals surface area (Å²) >= 11 is 10.9. The van der Waals surface area contributed by atoms with Crippen molar-refractivity contribution in [1.29, 1.82) is 0 Å². The summed E-state index contributed by atoms with van der Waals surface area (Å²) in [6.07, 6.45) is 6.80. The predicted molar refractivity (Wildman–Crippen MR) is 110 cm³/mol. The number of aromatic nitrogens is 2. The Hall–Kier alpha value is -1.92. The van der Waals surface area contributed by atoms with Gasteiger partial charge in [-0.3, -0.25) is 18.6 Å². The van der Waals surface area contributed by atoms with Gasteiger partial charge in [0.25, 0.3) is 0 Å². The van der Waals surface area contributed by atoms with E-state index in [-0.39, 0.29) is 30.1 Å². The Kier molecular flexibility index (Phi) is 6.96. The number of aromatic amines is 1. The summed E-state index contributed by atoms with van der Waals surface area (Å²) < 4.78 is 35.7. The molecule has 0 saturated heterocycles. The minimum Gasteiger partial charge on any atom is -0.404 e. The summed E-state index contributed by atoms with van der Waals surface area (Å²) in [5.41, 5.74) is 0.713. The van der Waals surface area contributed by atoms with Gasteiger partial charge in [-0.05, 0) is 24.6 Å². The fraction of sp³-hybridized carbons (Fsp3) is 0.333. The van der Waals surface area contributed by atoms with Crippen molar-refractivity contribution in [2.45, 2.75) is 25.7 Å². The Bertz CT molecular complexity index is 1110. The number of phosphoric acid groups is 1. The molecular formula is C18H18ClN2O6PS. The number of halogens is 1. The molecule has 0 saturated carbocycles. The second-order valence-corrected chi connectivity index (χ2v) is 8.58. The van der Waals surface area contributed by atoms with Crippen molar-refractivity contribution < 1.29 is 22.9 Å². The highest BCUT2D eigenvalue weighted by atomic mass is 35.5. The quantitative estimate of drug-likeness (QED) is 0.386. The third kappa shape index (κ3) is 5.37. The molecule has 0 fully saturated rings. The minimum absolute atomic E-state index is 0.0539.